The Bertz CT molecular complexity index is 546. The smallest absolute Gasteiger partial charge is 0.0276 e. The van der Waals surface area contributed by atoms with Crippen molar-refractivity contribution in [2.45, 2.75) is 31.7 Å². The molecule has 1 aliphatic rings. The highest BCUT2D eigenvalue weighted by Gasteiger charge is 2.33. The van der Waals surface area contributed by atoms with Crippen LogP contribution < -0.4 is 5.73 Å². The van der Waals surface area contributed by atoms with E-state index in [1.54, 1.807) is 0 Å². The lowest BCUT2D eigenvalue weighted by Gasteiger charge is -2.24. The Kier molecular flexibility index (Phi) is 2.71. The van der Waals surface area contributed by atoms with Crippen LogP contribution in [0.1, 0.15) is 22.3 Å². The molecule has 3 rings (SSSR count). The molecule has 0 radical (unpaired) electrons. The van der Waals surface area contributed by atoms with Gasteiger partial charge in [-0.1, -0.05) is 54.1 Å². The van der Waals surface area contributed by atoms with Gasteiger partial charge in [0.1, 0.15) is 0 Å². The van der Waals surface area contributed by atoms with Crippen LogP contribution >= 0.6 is 0 Å². The Morgan fingerprint density at radius 1 is 1.00 bits per heavy atom. The van der Waals surface area contributed by atoms with Gasteiger partial charge in [-0.25, -0.2) is 0 Å². The molecule has 0 amide bonds. The van der Waals surface area contributed by atoms with Crippen LogP contribution in [0.3, 0.4) is 0 Å². The third-order valence-corrected chi connectivity index (χ3v) is 3.84. The first-order valence-electron chi connectivity index (χ1n) is 6.56. The number of nitrogens with two attached hydrogens (primary N) is 1. The summed E-state index contributed by atoms with van der Waals surface area (Å²) in [5.41, 5.74) is 12.0. The lowest BCUT2D eigenvalue weighted by atomic mass is 9.88. The first kappa shape index (κ1) is 11.5. The van der Waals surface area contributed by atoms with Gasteiger partial charge in [0.2, 0.25) is 0 Å². The Morgan fingerprint density at radius 3 is 2.28 bits per heavy atom. The Hall–Kier alpha value is -1.60. The highest BCUT2D eigenvalue weighted by molar-refractivity contribution is 5.37. The zero-order valence-electron chi connectivity index (χ0n) is 10.8. The molecule has 0 fully saturated rings. The summed E-state index contributed by atoms with van der Waals surface area (Å²) >= 11 is 0. The number of aryl methyl sites for hydroxylation is 1. The lowest BCUT2D eigenvalue weighted by Crippen LogP contribution is -2.42. The summed E-state index contributed by atoms with van der Waals surface area (Å²) in [4.78, 5) is 0. The molecular formula is C17H19N. The van der Waals surface area contributed by atoms with Crippen molar-refractivity contribution in [2.24, 2.45) is 5.73 Å². The van der Waals surface area contributed by atoms with E-state index in [0.717, 1.165) is 19.3 Å². The number of hydrogen-bond acceptors (Lipinski definition) is 1. The SMILES string of the molecule is Cc1cccc(CC2(N)Cc3ccccc3C2)c1. The summed E-state index contributed by atoms with van der Waals surface area (Å²) in [7, 11) is 0. The average molecular weight is 237 g/mol. The van der Waals surface area contributed by atoms with E-state index >= 15 is 0 Å². The van der Waals surface area contributed by atoms with Gasteiger partial charge in [-0.3, -0.25) is 0 Å². The second-order valence-corrected chi connectivity index (χ2v) is 5.65. The van der Waals surface area contributed by atoms with Gasteiger partial charge in [0.05, 0.1) is 0 Å². The van der Waals surface area contributed by atoms with E-state index in [4.69, 9.17) is 5.73 Å². The Labute approximate surface area is 109 Å². The topological polar surface area (TPSA) is 26.0 Å². The highest BCUT2D eigenvalue weighted by Crippen LogP contribution is 2.30. The van der Waals surface area contributed by atoms with Crippen molar-refractivity contribution in [2.75, 3.05) is 0 Å². The first-order valence-corrected chi connectivity index (χ1v) is 6.56. The van der Waals surface area contributed by atoms with Crippen LogP contribution in [0.2, 0.25) is 0 Å². The second-order valence-electron chi connectivity index (χ2n) is 5.65. The molecule has 0 spiro atoms. The van der Waals surface area contributed by atoms with Crippen LogP contribution in [0.5, 0.6) is 0 Å². The van der Waals surface area contributed by atoms with Crippen LogP contribution in [-0.4, -0.2) is 5.54 Å². The van der Waals surface area contributed by atoms with Crippen LogP contribution in [0.4, 0.5) is 0 Å². The normalized spacial score (nSPS) is 16.6. The van der Waals surface area contributed by atoms with Gasteiger partial charge in [0.25, 0.3) is 0 Å². The molecule has 1 aliphatic carbocycles. The van der Waals surface area contributed by atoms with Gasteiger partial charge in [-0.15, -0.1) is 0 Å². The van der Waals surface area contributed by atoms with Crippen LogP contribution in [-0.2, 0) is 19.3 Å². The van der Waals surface area contributed by atoms with E-state index in [9.17, 15) is 0 Å². The zero-order chi connectivity index (χ0) is 12.6. The van der Waals surface area contributed by atoms with E-state index in [0.29, 0.717) is 0 Å². The fourth-order valence-corrected chi connectivity index (χ4v) is 3.08. The molecule has 1 nitrogen and oxygen atoms in total. The van der Waals surface area contributed by atoms with Crippen LogP contribution in [0.25, 0.3) is 0 Å². The quantitative estimate of drug-likeness (QED) is 0.853. The minimum absolute atomic E-state index is 0.0997. The predicted molar refractivity (Wildman–Crippen MR) is 75.7 cm³/mol. The van der Waals surface area contributed by atoms with Gasteiger partial charge in [-0.2, -0.15) is 0 Å². The van der Waals surface area contributed by atoms with Gasteiger partial charge in [0.15, 0.2) is 0 Å². The number of benzene rings is 2. The highest BCUT2D eigenvalue weighted by atomic mass is 14.7. The predicted octanol–water partition coefficient (Wildman–Crippen LogP) is 3.03. The van der Waals surface area contributed by atoms with E-state index in [2.05, 4.69) is 55.5 Å². The number of hydrogen-bond donors (Lipinski definition) is 1. The third kappa shape index (κ3) is 2.19. The minimum Gasteiger partial charge on any atom is -0.324 e. The molecule has 1 heteroatoms. The summed E-state index contributed by atoms with van der Waals surface area (Å²) in [6, 6.07) is 17.3. The van der Waals surface area contributed by atoms with E-state index in [-0.39, 0.29) is 5.54 Å². The summed E-state index contributed by atoms with van der Waals surface area (Å²) in [5, 5.41) is 0. The first-order chi connectivity index (χ1) is 8.65. The summed E-state index contributed by atoms with van der Waals surface area (Å²) < 4.78 is 0. The number of rotatable bonds is 2. The maximum absolute atomic E-state index is 6.59. The lowest BCUT2D eigenvalue weighted by molar-refractivity contribution is 0.446. The molecule has 0 saturated carbocycles. The van der Waals surface area contributed by atoms with Crippen LogP contribution in [0.15, 0.2) is 48.5 Å². The fourth-order valence-electron chi connectivity index (χ4n) is 3.08. The molecule has 2 aromatic rings. The molecule has 0 unspecified atom stereocenters. The molecule has 92 valence electrons. The maximum Gasteiger partial charge on any atom is 0.0276 e. The van der Waals surface area contributed by atoms with Crippen molar-refractivity contribution < 1.29 is 0 Å². The van der Waals surface area contributed by atoms with Crippen molar-refractivity contribution >= 4 is 0 Å². The molecular weight excluding hydrogens is 218 g/mol. The van der Waals surface area contributed by atoms with Gasteiger partial charge in [-0.05, 0) is 42.9 Å². The maximum atomic E-state index is 6.59. The van der Waals surface area contributed by atoms with Crippen LogP contribution in [0, 0.1) is 6.92 Å². The molecule has 0 heterocycles. The average Bonchev–Trinajstić information content (AvgIpc) is 2.64. The standard InChI is InChI=1S/C17H19N/c1-13-5-4-6-14(9-13)10-17(18)11-15-7-2-3-8-16(15)12-17/h2-9H,10-12,18H2,1H3. The largest absolute Gasteiger partial charge is 0.324 e. The van der Waals surface area contributed by atoms with E-state index in [1.165, 1.54) is 22.3 Å². The van der Waals surface area contributed by atoms with Crippen molar-refractivity contribution in [3.05, 3.63) is 70.8 Å². The van der Waals surface area contributed by atoms with Crippen molar-refractivity contribution in [3.8, 4) is 0 Å². The summed E-state index contributed by atoms with van der Waals surface area (Å²) in [5.74, 6) is 0. The van der Waals surface area contributed by atoms with Crippen molar-refractivity contribution in [3.63, 3.8) is 0 Å². The monoisotopic (exact) mass is 237 g/mol. The fraction of sp³-hybridized carbons (Fsp3) is 0.294. The molecule has 0 bridgehead atoms. The molecule has 0 saturated heterocycles. The van der Waals surface area contributed by atoms with Gasteiger partial charge >= 0.3 is 0 Å². The van der Waals surface area contributed by atoms with Crippen molar-refractivity contribution in [1.82, 2.24) is 0 Å². The second kappa shape index (κ2) is 4.25. The molecule has 2 N–H and O–H groups in total. The minimum atomic E-state index is -0.0997. The third-order valence-electron chi connectivity index (χ3n) is 3.84. The molecule has 18 heavy (non-hydrogen) atoms. The van der Waals surface area contributed by atoms with Crippen molar-refractivity contribution in [1.29, 1.82) is 0 Å². The molecule has 0 atom stereocenters. The van der Waals surface area contributed by atoms with Gasteiger partial charge < -0.3 is 5.73 Å². The van der Waals surface area contributed by atoms with E-state index < -0.39 is 0 Å². The zero-order valence-corrected chi connectivity index (χ0v) is 10.8. The molecule has 0 aromatic heterocycles. The molecule has 2 aromatic carbocycles. The Morgan fingerprint density at radius 2 is 1.67 bits per heavy atom. The summed E-state index contributed by atoms with van der Waals surface area (Å²) in [6.45, 7) is 2.14. The van der Waals surface area contributed by atoms with Gasteiger partial charge in [0, 0.05) is 5.54 Å². The van der Waals surface area contributed by atoms with E-state index in [1.807, 2.05) is 0 Å². The Balaban J connectivity index is 1.83. The molecule has 0 aliphatic heterocycles. The summed E-state index contributed by atoms with van der Waals surface area (Å²) in [6.07, 6.45) is 2.96. The number of fused-ring (bicyclic) bond motifs is 1.